The standard InChI is InChI=1S/C19H24N4/c1-22(2)14-20-18-11-7-5-9-16(18)13-17-10-6-8-12-19(17)21-15-23(3)4/h5-12,14-15H,13H2,1-4H3. The SMILES string of the molecule is CN(C)C=Nc1ccccc1Cc1ccccc1N=CN(C)C. The van der Waals surface area contributed by atoms with Crippen LogP contribution in [0.25, 0.3) is 0 Å². The van der Waals surface area contributed by atoms with E-state index in [1.165, 1.54) is 11.1 Å². The zero-order valence-corrected chi connectivity index (χ0v) is 14.3. The Kier molecular flexibility index (Phi) is 5.92. The molecule has 0 atom stereocenters. The van der Waals surface area contributed by atoms with Crippen LogP contribution in [-0.2, 0) is 6.42 Å². The molecule has 0 aliphatic rings. The summed E-state index contributed by atoms with van der Waals surface area (Å²) in [6.45, 7) is 0. The molecule has 0 radical (unpaired) electrons. The highest BCUT2D eigenvalue weighted by molar-refractivity contribution is 5.65. The number of aliphatic imine (C=N–C) groups is 2. The lowest BCUT2D eigenvalue weighted by atomic mass is 10.0. The summed E-state index contributed by atoms with van der Waals surface area (Å²) in [7, 11) is 7.88. The fourth-order valence-electron chi connectivity index (χ4n) is 2.13. The summed E-state index contributed by atoms with van der Waals surface area (Å²) >= 11 is 0. The number of rotatable bonds is 6. The van der Waals surface area contributed by atoms with Crippen LogP contribution < -0.4 is 0 Å². The Bertz CT molecular complexity index is 628. The zero-order chi connectivity index (χ0) is 16.7. The van der Waals surface area contributed by atoms with Gasteiger partial charge >= 0.3 is 0 Å². The van der Waals surface area contributed by atoms with Crippen LogP contribution in [0.5, 0.6) is 0 Å². The fourth-order valence-corrected chi connectivity index (χ4v) is 2.13. The number of para-hydroxylation sites is 2. The second kappa shape index (κ2) is 8.13. The molecule has 0 saturated heterocycles. The predicted octanol–water partition coefficient (Wildman–Crippen LogP) is 3.72. The van der Waals surface area contributed by atoms with Gasteiger partial charge in [-0.25, -0.2) is 9.98 Å². The van der Waals surface area contributed by atoms with E-state index in [9.17, 15) is 0 Å². The zero-order valence-electron chi connectivity index (χ0n) is 14.3. The van der Waals surface area contributed by atoms with Crippen LogP contribution in [-0.4, -0.2) is 50.7 Å². The molecule has 0 unspecified atom stereocenters. The average Bonchev–Trinajstić information content (AvgIpc) is 2.53. The minimum atomic E-state index is 0.807. The Balaban J connectivity index is 2.30. The van der Waals surface area contributed by atoms with Crippen molar-refractivity contribution in [2.24, 2.45) is 9.98 Å². The lowest BCUT2D eigenvalue weighted by Gasteiger charge is -2.10. The summed E-state index contributed by atoms with van der Waals surface area (Å²) in [5, 5.41) is 0. The van der Waals surface area contributed by atoms with Crippen LogP contribution in [0.4, 0.5) is 11.4 Å². The van der Waals surface area contributed by atoms with Gasteiger partial charge in [0.15, 0.2) is 0 Å². The van der Waals surface area contributed by atoms with Crippen molar-refractivity contribution in [1.82, 2.24) is 9.80 Å². The molecule has 0 amide bonds. The molecule has 0 N–H and O–H groups in total. The van der Waals surface area contributed by atoms with E-state index in [0.29, 0.717) is 0 Å². The first-order valence-electron chi connectivity index (χ1n) is 7.63. The van der Waals surface area contributed by atoms with E-state index in [2.05, 4.69) is 34.3 Å². The predicted molar refractivity (Wildman–Crippen MR) is 99.4 cm³/mol. The Labute approximate surface area is 138 Å². The molecule has 2 rings (SSSR count). The van der Waals surface area contributed by atoms with Gasteiger partial charge in [-0.1, -0.05) is 36.4 Å². The van der Waals surface area contributed by atoms with Gasteiger partial charge in [0.2, 0.25) is 0 Å². The van der Waals surface area contributed by atoms with Crippen molar-refractivity contribution in [1.29, 1.82) is 0 Å². The van der Waals surface area contributed by atoms with Crippen molar-refractivity contribution >= 4 is 24.1 Å². The van der Waals surface area contributed by atoms with E-state index in [1.807, 2.05) is 74.9 Å². The van der Waals surface area contributed by atoms with E-state index in [4.69, 9.17) is 0 Å². The molecule has 4 nitrogen and oxygen atoms in total. The smallest absolute Gasteiger partial charge is 0.0907 e. The summed E-state index contributed by atoms with van der Waals surface area (Å²) in [5.74, 6) is 0. The lowest BCUT2D eigenvalue weighted by molar-refractivity contribution is 0.643. The van der Waals surface area contributed by atoms with Crippen LogP contribution in [0.15, 0.2) is 58.5 Å². The van der Waals surface area contributed by atoms with Crippen LogP contribution in [0, 0.1) is 0 Å². The van der Waals surface area contributed by atoms with Crippen molar-refractivity contribution in [2.75, 3.05) is 28.2 Å². The van der Waals surface area contributed by atoms with Gasteiger partial charge < -0.3 is 9.80 Å². The van der Waals surface area contributed by atoms with Gasteiger partial charge in [0.05, 0.1) is 24.1 Å². The maximum absolute atomic E-state index is 4.56. The van der Waals surface area contributed by atoms with E-state index < -0.39 is 0 Å². The van der Waals surface area contributed by atoms with Gasteiger partial charge in [-0.2, -0.15) is 0 Å². The van der Waals surface area contributed by atoms with Crippen LogP contribution in [0.3, 0.4) is 0 Å². The number of benzene rings is 2. The summed E-state index contributed by atoms with van der Waals surface area (Å²) < 4.78 is 0. The minimum absolute atomic E-state index is 0.807. The third-order valence-corrected chi connectivity index (χ3v) is 3.22. The monoisotopic (exact) mass is 308 g/mol. The molecule has 0 bridgehead atoms. The highest BCUT2D eigenvalue weighted by Crippen LogP contribution is 2.26. The molecule has 0 heterocycles. The fraction of sp³-hybridized carbons (Fsp3) is 0.263. The van der Waals surface area contributed by atoms with Gasteiger partial charge in [0.1, 0.15) is 0 Å². The van der Waals surface area contributed by atoms with Gasteiger partial charge in [0.25, 0.3) is 0 Å². The molecule has 0 aromatic heterocycles. The van der Waals surface area contributed by atoms with Gasteiger partial charge in [-0.05, 0) is 23.3 Å². The van der Waals surface area contributed by atoms with E-state index >= 15 is 0 Å². The number of nitrogens with zero attached hydrogens (tertiary/aromatic N) is 4. The Morgan fingerprint density at radius 1 is 0.696 bits per heavy atom. The van der Waals surface area contributed by atoms with Crippen LogP contribution in [0.2, 0.25) is 0 Å². The van der Waals surface area contributed by atoms with Crippen LogP contribution in [0.1, 0.15) is 11.1 Å². The van der Waals surface area contributed by atoms with Crippen molar-refractivity contribution in [3.8, 4) is 0 Å². The maximum atomic E-state index is 4.56. The molecular formula is C19H24N4. The van der Waals surface area contributed by atoms with Gasteiger partial charge in [0, 0.05) is 34.6 Å². The molecule has 0 fully saturated rings. The van der Waals surface area contributed by atoms with E-state index in [0.717, 1.165) is 17.8 Å². The average molecular weight is 308 g/mol. The third-order valence-electron chi connectivity index (χ3n) is 3.22. The molecule has 4 heteroatoms. The van der Waals surface area contributed by atoms with Crippen LogP contribution >= 0.6 is 0 Å². The van der Waals surface area contributed by atoms with E-state index in [-0.39, 0.29) is 0 Å². The summed E-state index contributed by atoms with van der Waals surface area (Å²) in [4.78, 5) is 13.0. The van der Waals surface area contributed by atoms with Crippen molar-refractivity contribution < 1.29 is 0 Å². The largest absolute Gasteiger partial charge is 0.369 e. The molecule has 0 aliphatic carbocycles. The summed E-state index contributed by atoms with van der Waals surface area (Å²) in [6.07, 6.45) is 4.46. The maximum Gasteiger partial charge on any atom is 0.0907 e. The second-order valence-corrected chi connectivity index (χ2v) is 5.85. The first-order chi connectivity index (χ1) is 11.1. The summed E-state index contributed by atoms with van der Waals surface area (Å²) in [5.41, 5.74) is 4.37. The molecule has 0 saturated carbocycles. The normalized spacial score (nSPS) is 11.3. The molecule has 0 spiro atoms. The van der Waals surface area contributed by atoms with Crippen molar-refractivity contribution in [3.05, 3.63) is 59.7 Å². The Morgan fingerprint density at radius 3 is 1.48 bits per heavy atom. The second-order valence-electron chi connectivity index (χ2n) is 5.85. The minimum Gasteiger partial charge on any atom is -0.369 e. The molecular weight excluding hydrogens is 284 g/mol. The quantitative estimate of drug-likeness (QED) is 0.601. The first kappa shape index (κ1) is 16.7. The lowest BCUT2D eigenvalue weighted by Crippen LogP contribution is -2.07. The highest BCUT2D eigenvalue weighted by Gasteiger charge is 2.05. The van der Waals surface area contributed by atoms with Gasteiger partial charge in [-0.3, -0.25) is 0 Å². The molecule has 0 aliphatic heterocycles. The van der Waals surface area contributed by atoms with Crippen molar-refractivity contribution in [2.45, 2.75) is 6.42 Å². The third kappa shape index (κ3) is 5.25. The van der Waals surface area contributed by atoms with E-state index in [1.54, 1.807) is 0 Å². The molecule has 2 aromatic rings. The summed E-state index contributed by atoms with van der Waals surface area (Å²) in [6, 6.07) is 16.5. The first-order valence-corrected chi connectivity index (χ1v) is 7.63. The van der Waals surface area contributed by atoms with Crippen molar-refractivity contribution in [3.63, 3.8) is 0 Å². The van der Waals surface area contributed by atoms with Gasteiger partial charge in [-0.15, -0.1) is 0 Å². The topological polar surface area (TPSA) is 31.2 Å². The molecule has 120 valence electrons. The number of hydrogen-bond acceptors (Lipinski definition) is 2. The highest BCUT2D eigenvalue weighted by atomic mass is 15.1. The Hall–Kier alpha value is -2.62. The molecule has 2 aromatic carbocycles. The molecule has 23 heavy (non-hydrogen) atoms. The number of hydrogen-bond donors (Lipinski definition) is 0. The Morgan fingerprint density at radius 2 is 1.09 bits per heavy atom.